The molecule has 0 spiro atoms. The summed E-state index contributed by atoms with van der Waals surface area (Å²) in [6, 6.07) is 4.80. The van der Waals surface area contributed by atoms with Crippen molar-refractivity contribution in [2.45, 2.75) is 0 Å². The smallest absolute Gasteiger partial charge is 0.338 e. The number of hydrogen-bond donors (Lipinski definition) is 2. The van der Waals surface area contributed by atoms with Crippen molar-refractivity contribution in [1.82, 2.24) is 19.9 Å². The maximum atomic E-state index is 11.1. The molecule has 2 N–H and O–H groups in total. The lowest BCUT2D eigenvalue weighted by Gasteiger charge is -1.95. The number of imidazole rings is 1. The van der Waals surface area contributed by atoms with Crippen molar-refractivity contribution >= 4 is 28.7 Å². The molecule has 6 nitrogen and oxygen atoms in total. The van der Waals surface area contributed by atoms with Crippen molar-refractivity contribution in [3.8, 4) is 11.5 Å². The fraction of sp³-hybridized carbons (Fsp3) is 0. The molecule has 0 saturated heterocycles. The molecule has 0 saturated carbocycles. The highest BCUT2D eigenvalue weighted by Gasteiger charge is 2.14. The summed E-state index contributed by atoms with van der Waals surface area (Å²) in [6.45, 7) is 0. The Kier molecular flexibility index (Phi) is 2.64. The first-order valence-corrected chi connectivity index (χ1v) is 5.73. The molecule has 0 radical (unpaired) electrons. The number of carboxylic acids is 1. The van der Waals surface area contributed by atoms with Gasteiger partial charge in [0.1, 0.15) is 5.69 Å². The summed E-state index contributed by atoms with van der Waals surface area (Å²) >= 11 is 5.76. The third-order valence-electron chi connectivity index (χ3n) is 2.59. The molecule has 0 amide bonds. The van der Waals surface area contributed by atoms with Gasteiger partial charge in [0.15, 0.2) is 11.5 Å². The average Bonchev–Trinajstić information content (AvgIpc) is 2.82. The van der Waals surface area contributed by atoms with Gasteiger partial charge in [0.05, 0.1) is 16.1 Å². The quantitative estimate of drug-likeness (QED) is 0.748. The standard InChI is InChI=1S/C12H7ClN4O2/c13-6-1-2-8(15-5-6)10-16-9-7(12(18)19)3-4-14-11(9)17-10/h1-5H,(H,18,19)(H,14,16,17). The highest BCUT2D eigenvalue weighted by atomic mass is 35.5. The van der Waals surface area contributed by atoms with Gasteiger partial charge in [-0.05, 0) is 18.2 Å². The number of nitrogens with zero attached hydrogens (tertiary/aromatic N) is 3. The van der Waals surface area contributed by atoms with Crippen LogP contribution >= 0.6 is 11.6 Å². The Morgan fingerprint density at radius 1 is 1.26 bits per heavy atom. The van der Waals surface area contributed by atoms with Crippen LogP contribution in [0, 0.1) is 0 Å². The SMILES string of the molecule is O=C(O)c1ccnc2nc(-c3ccc(Cl)cn3)[nH]c12. The Balaban J connectivity index is 2.19. The summed E-state index contributed by atoms with van der Waals surface area (Å²) < 4.78 is 0. The number of pyridine rings is 2. The number of hydrogen-bond acceptors (Lipinski definition) is 4. The van der Waals surface area contributed by atoms with Gasteiger partial charge in [-0.15, -0.1) is 0 Å². The van der Waals surface area contributed by atoms with Gasteiger partial charge >= 0.3 is 5.97 Å². The van der Waals surface area contributed by atoms with E-state index in [9.17, 15) is 4.79 Å². The zero-order chi connectivity index (χ0) is 13.4. The van der Waals surface area contributed by atoms with Gasteiger partial charge < -0.3 is 10.1 Å². The Labute approximate surface area is 112 Å². The average molecular weight is 275 g/mol. The van der Waals surface area contributed by atoms with Gasteiger partial charge in [-0.3, -0.25) is 4.98 Å². The molecular formula is C12H7ClN4O2. The molecule has 7 heteroatoms. The second-order valence-electron chi connectivity index (χ2n) is 3.81. The summed E-state index contributed by atoms with van der Waals surface area (Å²) in [5.41, 5.74) is 1.41. The van der Waals surface area contributed by atoms with E-state index in [0.29, 0.717) is 27.7 Å². The van der Waals surface area contributed by atoms with E-state index in [2.05, 4.69) is 19.9 Å². The van der Waals surface area contributed by atoms with Crippen LogP contribution in [0.15, 0.2) is 30.6 Å². The number of halogens is 1. The first kappa shape index (κ1) is 11.6. The molecule has 0 aliphatic heterocycles. The predicted molar refractivity (Wildman–Crippen MR) is 69.1 cm³/mol. The van der Waals surface area contributed by atoms with Crippen molar-refractivity contribution in [1.29, 1.82) is 0 Å². The van der Waals surface area contributed by atoms with Crippen molar-refractivity contribution in [3.63, 3.8) is 0 Å². The molecule has 3 aromatic rings. The van der Waals surface area contributed by atoms with E-state index in [0.717, 1.165) is 0 Å². The molecule has 94 valence electrons. The van der Waals surface area contributed by atoms with Crippen LogP contribution in [0.5, 0.6) is 0 Å². The molecule has 3 heterocycles. The zero-order valence-electron chi connectivity index (χ0n) is 9.46. The molecule has 3 rings (SSSR count). The number of carboxylic acid groups (broad SMARTS) is 1. The number of rotatable bonds is 2. The number of aromatic amines is 1. The summed E-state index contributed by atoms with van der Waals surface area (Å²) in [5.74, 6) is -0.584. The Hall–Kier alpha value is -2.47. The summed E-state index contributed by atoms with van der Waals surface area (Å²) in [7, 11) is 0. The minimum absolute atomic E-state index is 0.123. The maximum Gasteiger partial charge on any atom is 0.338 e. The normalized spacial score (nSPS) is 10.8. The van der Waals surface area contributed by atoms with Crippen LogP contribution in [-0.4, -0.2) is 31.0 Å². The lowest BCUT2D eigenvalue weighted by atomic mass is 10.2. The van der Waals surface area contributed by atoms with E-state index >= 15 is 0 Å². The van der Waals surface area contributed by atoms with Crippen LogP contribution in [-0.2, 0) is 0 Å². The number of aromatic nitrogens is 4. The van der Waals surface area contributed by atoms with Gasteiger partial charge in [0, 0.05) is 12.4 Å². The van der Waals surface area contributed by atoms with E-state index in [4.69, 9.17) is 16.7 Å². The number of nitrogens with one attached hydrogen (secondary N) is 1. The molecule has 0 aliphatic rings. The fourth-order valence-corrected chi connectivity index (χ4v) is 1.84. The third kappa shape index (κ3) is 2.02. The first-order valence-electron chi connectivity index (χ1n) is 5.35. The molecule has 0 unspecified atom stereocenters. The second-order valence-corrected chi connectivity index (χ2v) is 4.25. The fourth-order valence-electron chi connectivity index (χ4n) is 1.73. The van der Waals surface area contributed by atoms with Crippen molar-refractivity contribution in [3.05, 3.63) is 41.2 Å². The predicted octanol–water partition coefficient (Wildman–Crippen LogP) is 2.37. The Morgan fingerprint density at radius 2 is 2.11 bits per heavy atom. The van der Waals surface area contributed by atoms with Gasteiger partial charge in [-0.2, -0.15) is 0 Å². The summed E-state index contributed by atoms with van der Waals surface area (Å²) in [4.78, 5) is 26.4. The van der Waals surface area contributed by atoms with Crippen molar-refractivity contribution in [2.75, 3.05) is 0 Å². The van der Waals surface area contributed by atoms with E-state index in [-0.39, 0.29) is 5.56 Å². The molecule has 3 aromatic heterocycles. The zero-order valence-corrected chi connectivity index (χ0v) is 10.2. The Bertz CT molecular complexity index is 767. The first-order chi connectivity index (χ1) is 9.15. The molecule has 0 aromatic carbocycles. The number of fused-ring (bicyclic) bond motifs is 1. The minimum Gasteiger partial charge on any atom is -0.478 e. The Morgan fingerprint density at radius 3 is 2.79 bits per heavy atom. The van der Waals surface area contributed by atoms with Crippen LogP contribution < -0.4 is 0 Å². The van der Waals surface area contributed by atoms with Crippen molar-refractivity contribution < 1.29 is 9.90 Å². The molecule has 0 atom stereocenters. The summed E-state index contributed by atoms with van der Waals surface area (Å²) in [5, 5.41) is 9.61. The lowest BCUT2D eigenvalue weighted by Crippen LogP contribution is -1.97. The lowest BCUT2D eigenvalue weighted by molar-refractivity contribution is 0.0699. The largest absolute Gasteiger partial charge is 0.478 e. The van der Waals surface area contributed by atoms with Gasteiger partial charge in [0.2, 0.25) is 0 Å². The number of carbonyl (C=O) groups is 1. The maximum absolute atomic E-state index is 11.1. The summed E-state index contributed by atoms with van der Waals surface area (Å²) in [6.07, 6.45) is 2.90. The van der Waals surface area contributed by atoms with E-state index in [1.54, 1.807) is 12.1 Å². The van der Waals surface area contributed by atoms with Crippen LogP contribution in [0.1, 0.15) is 10.4 Å². The van der Waals surface area contributed by atoms with Crippen LogP contribution in [0.4, 0.5) is 0 Å². The highest BCUT2D eigenvalue weighted by molar-refractivity contribution is 6.30. The number of H-pyrrole nitrogens is 1. The topological polar surface area (TPSA) is 91.8 Å². The van der Waals surface area contributed by atoms with Gasteiger partial charge in [-0.1, -0.05) is 11.6 Å². The van der Waals surface area contributed by atoms with E-state index < -0.39 is 5.97 Å². The molecule has 0 fully saturated rings. The molecular weight excluding hydrogens is 268 g/mol. The van der Waals surface area contributed by atoms with Crippen LogP contribution in [0.3, 0.4) is 0 Å². The molecule has 19 heavy (non-hydrogen) atoms. The molecule has 0 bridgehead atoms. The molecule has 0 aliphatic carbocycles. The highest BCUT2D eigenvalue weighted by Crippen LogP contribution is 2.21. The van der Waals surface area contributed by atoms with Crippen LogP contribution in [0.2, 0.25) is 5.02 Å². The second kappa shape index (κ2) is 4.33. The minimum atomic E-state index is -1.04. The van der Waals surface area contributed by atoms with Gasteiger partial charge in [0.25, 0.3) is 0 Å². The van der Waals surface area contributed by atoms with E-state index in [1.165, 1.54) is 18.5 Å². The van der Waals surface area contributed by atoms with Crippen LogP contribution in [0.25, 0.3) is 22.7 Å². The van der Waals surface area contributed by atoms with Gasteiger partial charge in [-0.25, -0.2) is 14.8 Å². The van der Waals surface area contributed by atoms with E-state index in [1.807, 2.05) is 0 Å². The van der Waals surface area contributed by atoms with Crippen molar-refractivity contribution in [2.24, 2.45) is 0 Å². The monoisotopic (exact) mass is 274 g/mol. The number of aromatic carboxylic acids is 1. The third-order valence-corrected chi connectivity index (χ3v) is 2.82.